The van der Waals surface area contributed by atoms with Crippen LogP contribution in [-0.2, 0) is 16.6 Å². The van der Waals surface area contributed by atoms with Crippen LogP contribution in [-0.4, -0.2) is 65.7 Å². The Morgan fingerprint density at radius 3 is 2.82 bits per heavy atom. The summed E-state index contributed by atoms with van der Waals surface area (Å²) in [5.74, 6) is -0.390. The van der Waals surface area contributed by atoms with Crippen molar-refractivity contribution in [2.24, 2.45) is 12.0 Å². The molecule has 1 aromatic carbocycles. The normalized spacial score (nSPS) is 15.0. The summed E-state index contributed by atoms with van der Waals surface area (Å²) in [5, 5.41) is 9.63. The summed E-state index contributed by atoms with van der Waals surface area (Å²) in [5.41, 5.74) is 1.13. The number of aryl methyl sites for hydroxylation is 1. The maximum atomic E-state index is 13.2. The van der Waals surface area contributed by atoms with Crippen LogP contribution in [0.5, 0.6) is 0 Å². The van der Waals surface area contributed by atoms with Crippen molar-refractivity contribution in [3.63, 3.8) is 0 Å². The van der Waals surface area contributed by atoms with Gasteiger partial charge in [-0.15, -0.1) is 0 Å². The lowest BCUT2D eigenvalue weighted by molar-refractivity contribution is -0.120. The minimum absolute atomic E-state index is 0.0554. The van der Waals surface area contributed by atoms with Crippen molar-refractivity contribution in [3.05, 3.63) is 42.5 Å². The Bertz CT molecular complexity index is 896. The summed E-state index contributed by atoms with van der Waals surface area (Å²) < 4.78 is 14.8. The molecule has 1 aliphatic rings. The van der Waals surface area contributed by atoms with Crippen molar-refractivity contribution in [2.75, 3.05) is 43.4 Å². The van der Waals surface area contributed by atoms with Crippen LogP contribution in [0.25, 0.3) is 0 Å². The number of halogens is 1. The van der Waals surface area contributed by atoms with Crippen molar-refractivity contribution in [1.29, 1.82) is 0 Å². The quantitative estimate of drug-likeness (QED) is 0.586. The lowest BCUT2D eigenvalue weighted by atomic mass is 10.3. The van der Waals surface area contributed by atoms with Gasteiger partial charge in [0.1, 0.15) is 12.4 Å². The van der Waals surface area contributed by atoms with Crippen LogP contribution in [0.1, 0.15) is 0 Å². The Kier molecular flexibility index (Phi) is 5.87. The van der Waals surface area contributed by atoms with Crippen LogP contribution in [0, 0.1) is 5.82 Å². The Morgan fingerprint density at radius 2 is 2.18 bits per heavy atom. The molecule has 0 bridgehead atoms. The van der Waals surface area contributed by atoms with Crippen molar-refractivity contribution in [3.8, 4) is 0 Å². The molecule has 28 heavy (non-hydrogen) atoms. The molecule has 2 heterocycles. The van der Waals surface area contributed by atoms with E-state index in [9.17, 15) is 14.0 Å². The van der Waals surface area contributed by atoms with E-state index in [2.05, 4.69) is 20.7 Å². The number of carbonyl (C=O) groups is 2. The number of benzene rings is 1. The second kappa shape index (κ2) is 8.51. The molecule has 1 aliphatic heterocycles. The standard InChI is InChI=1S/C18H22FN7O2/c1-20-18(21-10-16(27)23-14-5-3-4-13(19)8-14)25-6-7-26(17(28)12-25)15-9-22-24(2)11-15/h3-5,8-9,11H,6-7,10,12H2,1-2H3,(H,20,21)(H,23,27). The second-order valence-electron chi connectivity index (χ2n) is 6.30. The van der Waals surface area contributed by atoms with Gasteiger partial charge in [0.15, 0.2) is 5.96 Å². The van der Waals surface area contributed by atoms with Gasteiger partial charge in [0.05, 0.1) is 18.4 Å². The molecule has 1 saturated heterocycles. The Balaban J connectivity index is 1.53. The minimum Gasteiger partial charge on any atom is -0.347 e. The summed E-state index contributed by atoms with van der Waals surface area (Å²) >= 11 is 0. The second-order valence-corrected chi connectivity index (χ2v) is 6.30. The highest BCUT2D eigenvalue weighted by Gasteiger charge is 2.27. The van der Waals surface area contributed by atoms with Gasteiger partial charge >= 0.3 is 0 Å². The van der Waals surface area contributed by atoms with Gasteiger partial charge in [-0.1, -0.05) is 6.07 Å². The van der Waals surface area contributed by atoms with E-state index in [0.717, 1.165) is 5.69 Å². The van der Waals surface area contributed by atoms with E-state index in [1.54, 1.807) is 47.0 Å². The fraction of sp³-hybridized carbons (Fsp3) is 0.333. The molecule has 0 radical (unpaired) electrons. The van der Waals surface area contributed by atoms with Crippen LogP contribution < -0.4 is 15.5 Å². The highest BCUT2D eigenvalue weighted by molar-refractivity contribution is 5.99. The first kappa shape index (κ1) is 19.3. The zero-order valence-corrected chi connectivity index (χ0v) is 15.7. The van der Waals surface area contributed by atoms with Crippen LogP contribution >= 0.6 is 0 Å². The summed E-state index contributed by atoms with van der Waals surface area (Å²) in [6, 6.07) is 5.66. The number of nitrogens with zero attached hydrogens (tertiary/aromatic N) is 5. The summed E-state index contributed by atoms with van der Waals surface area (Å²) in [6.45, 7) is 1.13. The number of guanidine groups is 1. The van der Waals surface area contributed by atoms with Crippen molar-refractivity contribution < 1.29 is 14.0 Å². The lowest BCUT2D eigenvalue weighted by Gasteiger charge is -2.35. The van der Waals surface area contributed by atoms with Crippen LogP contribution in [0.2, 0.25) is 0 Å². The van der Waals surface area contributed by atoms with Gasteiger partial charge in [-0.2, -0.15) is 5.10 Å². The van der Waals surface area contributed by atoms with E-state index in [4.69, 9.17) is 0 Å². The Morgan fingerprint density at radius 1 is 1.36 bits per heavy atom. The zero-order valence-electron chi connectivity index (χ0n) is 15.7. The van der Waals surface area contributed by atoms with Gasteiger partial charge in [0.25, 0.3) is 0 Å². The van der Waals surface area contributed by atoms with E-state index in [1.807, 2.05) is 0 Å². The molecule has 3 rings (SSSR count). The number of aromatic nitrogens is 2. The molecule has 1 aromatic heterocycles. The SMILES string of the molecule is CN=C(NCC(=O)Nc1cccc(F)c1)N1CCN(c2cnn(C)c2)C(=O)C1. The molecule has 9 nitrogen and oxygen atoms in total. The molecular formula is C18H22FN7O2. The summed E-state index contributed by atoms with van der Waals surface area (Å²) in [7, 11) is 3.38. The molecule has 10 heteroatoms. The zero-order chi connectivity index (χ0) is 20.1. The third kappa shape index (κ3) is 4.64. The number of piperazine rings is 1. The van der Waals surface area contributed by atoms with Crippen LogP contribution in [0.15, 0.2) is 41.7 Å². The van der Waals surface area contributed by atoms with Gasteiger partial charge in [0.2, 0.25) is 11.8 Å². The topological polar surface area (TPSA) is 94.9 Å². The molecule has 2 N–H and O–H groups in total. The van der Waals surface area contributed by atoms with Crippen LogP contribution in [0.4, 0.5) is 15.8 Å². The third-order valence-electron chi connectivity index (χ3n) is 4.25. The molecule has 0 saturated carbocycles. The van der Waals surface area contributed by atoms with Crippen molar-refractivity contribution >= 4 is 29.1 Å². The van der Waals surface area contributed by atoms with Crippen molar-refractivity contribution in [2.45, 2.75) is 0 Å². The van der Waals surface area contributed by atoms with E-state index in [0.29, 0.717) is 24.7 Å². The summed E-state index contributed by atoms with van der Waals surface area (Å²) in [6.07, 6.45) is 3.44. The number of amides is 2. The monoisotopic (exact) mass is 387 g/mol. The predicted molar refractivity (Wildman–Crippen MR) is 104 cm³/mol. The fourth-order valence-electron chi connectivity index (χ4n) is 2.94. The smallest absolute Gasteiger partial charge is 0.246 e. The Labute approximate surface area is 161 Å². The molecule has 0 aliphatic carbocycles. The first-order chi connectivity index (χ1) is 13.5. The molecule has 148 valence electrons. The van der Waals surface area contributed by atoms with Gasteiger partial charge in [-0.05, 0) is 18.2 Å². The molecule has 2 aromatic rings. The number of hydrogen-bond acceptors (Lipinski definition) is 4. The summed E-state index contributed by atoms with van der Waals surface area (Å²) in [4.78, 5) is 32.2. The highest BCUT2D eigenvalue weighted by atomic mass is 19.1. The molecule has 0 spiro atoms. The molecule has 2 amide bonds. The maximum absolute atomic E-state index is 13.2. The Hall–Kier alpha value is -3.43. The number of carbonyl (C=O) groups excluding carboxylic acids is 2. The first-order valence-electron chi connectivity index (χ1n) is 8.76. The number of nitrogens with one attached hydrogen (secondary N) is 2. The number of anilines is 2. The average Bonchev–Trinajstić information content (AvgIpc) is 3.08. The largest absolute Gasteiger partial charge is 0.347 e. The minimum atomic E-state index is -0.424. The number of aliphatic imine (C=N–C) groups is 1. The van der Waals surface area contributed by atoms with Gasteiger partial charge in [0, 0.05) is 39.1 Å². The average molecular weight is 387 g/mol. The van der Waals surface area contributed by atoms with Gasteiger partial charge in [-0.3, -0.25) is 19.3 Å². The number of hydrogen-bond donors (Lipinski definition) is 2. The maximum Gasteiger partial charge on any atom is 0.246 e. The van der Waals surface area contributed by atoms with Crippen LogP contribution in [0.3, 0.4) is 0 Å². The van der Waals surface area contributed by atoms with E-state index in [-0.39, 0.29) is 24.9 Å². The molecule has 1 fully saturated rings. The van der Waals surface area contributed by atoms with E-state index >= 15 is 0 Å². The predicted octanol–water partition coefficient (Wildman–Crippen LogP) is 0.422. The van der Waals surface area contributed by atoms with Gasteiger partial charge in [-0.25, -0.2) is 4.39 Å². The lowest BCUT2D eigenvalue weighted by Crippen LogP contribution is -2.56. The molecule has 0 unspecified atom stereocenters. The molecule has 0 atom stereocenters. The van der Waals surface area contributed by atoms with E-state index < -0.39 is 5.82 Å². The highest BCUT2D eigenvalue weighted by Crippen LogP contribution is 2.16. The molecular weight excluding hydrogens is 365 g/mol. The van der Waals surface area contributed by atoms with E-state index in [1.165, 1.54) is 18.2 Å². The van der Waals surface area contributed by atoms with Gasteiger partial charge < -0.3 is 20.4 Å². The third-order valence-corrected chi connectivity index (χ3v) is 4.25. The fourth-order valence-corrected chi connectivity index (χ4v) is 2.94. The first-order valence-corrected chi connectivity index (χ1v) is 8.76. The number of rotatable bonds is 4. The van der Waals surface area contributed by atoms with Crippen molar-refractivity contribution in [1.82, 2.24) is 20.0 Å².